The minimum absolute atomic E-state index is 0.0468. The molecule has 4 aromatic heterocycles. The second-order valence-electron chi connectivity index (χ2n) is 9.34. The number of nitrogens with one attached hydrogen (secondary N) is 2. The van der Waals surface area contributed by atoms with Crippen molar-refractivity contribution in [1.82, 2.24) is 44.5 Å². The summed E-state index contributed by atoms with van der Waals surface area (Å²) >= 11 is 3.84. The van der Waals surface area contributed by atoms with Gasteiger partial charge in [-0.25, -0.2) is 23.3 Å². The fraction of sp³-hybridized carbons (Fsp3) is 0.526. The van der Waals surface area contributed by atoms with Gasteiger partial charge in [0.15, 0.2) is 34.7 Å². The first-order valence-electron chi connectivity index (χ1n) is 12.0. The number of halogens is 2. The molecule has 226 valence electrons. The molecule has 0 amide bonds. The Hall–Kier alpha value is -3.37. The summed E-state index contributed by atoms with van der Waals surface area (Å²) in [4.78, 5) is 40.4. The number of imidazole rings is 1. The average Bonchev–Trinajstić information content (AvgIpc) is 3.67. The van der Waals surface area contributed by atoms with Crippen LogP contribution in [0, 0.1) is 0 Å². The highest BCUT2D eigenvalue weighted by atomic mass is 32.7. The van der Waals surface area contributed by atoms with Crippen LogP contribution in [0.5, 0.6) is 0 Å². The molecule has 0 saturated carbocycles. The Morgan fingerprint density at radius 1 is 1.26 bits per heavy atom. The number of aliphatic hydroxyl groups is 2. The molecule has 19 nitrogen and oxygen atoms in total. The summed E-state index contributed by atoms with van der Waals surface area (Å²) in [5, 5.41) is 27.3. The molecule has 6 rings (SSSR count). The highest BCUT2D eigenvalue weighted by Gasteiger charge is 2.53. The molecule has 0 radical (unpaired) electrons. The van der Waals surface area contributed by atoms with E-state index < -0.39 is 80.3 Å². The van der Waals surface area contributed by atoms with Crippen molar-refractivity contribution in [2.45, 2.75) is 49.2 Å². The van der Waals surface area contributed by atoms with Crippen molar-refractivity contribution in [3.63, 3.8) is 0 Å². The third kappa shape index (κ3) is 4.98. The second kappa shape index (κ2) is 10.4. The van der Waals surface area contributed by atoms with Crippen molar-refractivity contribution in [3.05, 3.63) is 33.4 Å². The maximum Gasteiger partial charge on any atom is 0.386 e. The minimum Gasteiger partial charge on any atom is -0.394 e. The smallest absolute Gasteiger partial charge is 0.386 e. The molecular weight excluding hydrogens is 613 g/mol. The molecule has 0 bridgehead atoms. The number of aromatic amines is 2. The van der Waals surface area contributed by atoms with Crippen LogP contribution in [0.3, 0.4) is 0 Å². The third-order valence-corrected chi connectivity index (χ3v) is 8.25. The van der Waals surface area contributed by atoms with Crippen molar-refractivity contribution in [2.75, 3.05) is 18.9 Å². The Balaban J connectivity index is 1.19. The molecule has 2 aliphatic heterocycles. The van der Waals surface area contributed by atoms with Gasteiger partial charge in [0.25, 0.3) is 11.1 Å². The summed E-state index contributed by atoms with van der Waals surface area (Å²) in [7, 11) is 0. The topological polar surface area (TPSA) is 260 Å². The molecule has 4 aromatic rings. The number of nitrogens with two attached hydrogens (primary N) is 1. The Bertz CT molecular complexity index is 1820. The largest absolute Gasteiger partial charge is 0.394 e. The van der Waals surface area contributed by atoms with E-state index in [1.54, 1.807) is 0 Å². The van der Waals surface area contributed by atoms with E-state index >= 15 is 8.78 Å². The molecule has 2 unspecified atom stereocenters. The molecule has 23 heteroatoms. The van der Waals surface area contributed by atoms with Gasteiger partial charge in [0.2, 0.25) is 11.8 Å². The molecule has 42 heavy (non-hydrogen) atoms. The molecule has 0 aliphatic carbocycles. The van der Waals surface area contributed by atoms with E-state index in [1.165, 1.54) is 10.9 Å². The standard InChI is InChI=1S/C19H21F2N10O9PS/c20-9-6(2-32)38-17(31-14-11(28-29-31)16(34)27-18(22)26-14)12(9)40-41(36,42)37-3-7-19(21,35)1-8(39-7)30-5-25-10-13(30)23-4-24-15(10)33/h4-9,12,17,32,35H,1-3H2,(H,36,42)(H,23,24,33)(H3,22,26,27,34)/t6-,7-,8-,9-,12-,17-,19?,41?/m1/s1. The predicted octanol–water partition coefficient (Wildman–Crippen LogP) is -1.16. The van der Waals surface area contributed by atoms with Crippen LogP contribution in [0.15, 0.2) is 22.2 Å². The van der Waals surface area contributed by atoms with Gasteiger partial charge in [-0.05, 0) is 0 Å². The number of nitrogen functional groups attached to an aromatic ring is 1. The van der Waals surface area contributed by atoms with E-state index in [1.807, 2.05) is 0 Å². The average molecular weight is 634 g/mol. The zero-order valence-electron chi connectivity index (χ0n) is 20.9. The fourth-order valence-electron chi connectivity index (χ4n) is 4.65. The molecular formula is C19H21F2N10O9PS. The number of rotatable bonds is 8. The van der Waals surface area contributed by atoms with Crippen LogP contribution >= 0.6 is 19.0 Å². The lowest BCUT2D eigenvalue weighted by molar-refractivity contribution is -0.148. The summed E-state index contributed by atoms with van der Waals surface area (Å²) < 4.78 is 67.1. The first-order chi connectivity index (χ1) is 19.9. The van der Waals surface area contributed by atoms with Crippen LogP contribution in [0.4, 0.5) is 14.7 Å². The van der Waals surface area contributed by atoms with Crippen LogP contribution in [0.1, 0.15) is 18.9 Å². The van der Waals surface area contributed by atoms with Crippen LogP contribution in [0.25, 0.3) is 22.3 Å². The second-order valence-corrected chi connectivity index (χ2v) is 12.2. The SMILES string of the molecule is Nc1nc2c(nnn2[C@@H]2O[C@H](CO)[C@@H](F)[C@H]2OP(=O)(S)OC[C@H]2O[C@@H](n3cnc4c(=O)[nH]cnc43)CC2(O)F)c(=O)[nH]1. The van der Waals surface area contributed by atoms with Gasteiger partial charge in [0.1, 0.15) is 24.5 Å². The maximum atomic E-state index is 15.3. The van der Waals surface area contributed by atoms with Crippen LogP contribution in [0.2, 0.25) is 0 Å². The van der Waals surface area contributed by atoms with Crippen LogP contribution in [-0.4, -0.2) is 98.2 Å². The number of aliphatic hydroxyl groups excluding tert-OH is 1. The number of H-pyrrole nitrogens is 2. The van der Waals surface area contributed by atoms with Crippen molar-refractivity contribution >= 4 is 47.3 Å². The van der Waals surface area contributed by atoms with E-state index in [9.17, 15) is 24.4 Å². The Morgan fingerprint density at radius 2 is 2.05 bits per heavy atom. The number of ether oxygens (including phenoxy) is 2. The van der Waals surface area contributed by atoms with Gasteiger partial charge in [0, 0.05) is 0 Å². The van der Waals surface area contributed by atoms with E-state index in [2.05, 4.69) is 47.5 Å². The van der Waals surface area contributed by atoms with E-state index in [0.29, 0.717) is 0 Å². The highest BCUT2D eigenvalue weighted by molar-refractivity contribution is 8.44. The van der Waals surface area contributed by atoms with Crippen molar-refractivity contribution in [1.29, 1.82) is 0 Å². The molecule has 6 heterocycles. The highest BCUT2D eigenvalue weighted by Crippen LogP contribution is 2.57. The summed E-state index contributed by atoms with van der Waals surface area (Å²) in [6.07, 6.45) is -8.32. The molecule has 8 atom stereocenters. The summed E-state index contributed by atoms with van der Waals surface area (Å²) in [5.41, 5.74) is 3.78. The number of thiol groups is 1. The van der Waals surface area contributed by atoms with Crippen molar-refractivity contribution in [3.8, 4) is 0 Å². The Kier molecular flexibility index (Phi) is 7.13. The lowest BCUT2D eigenvalue weighted by Gasteiger charge is -2.25. The number of hydrogen-bond donors (Lipinski definition) is 6. The lowest BCUT2D eigenvalue weighted by atomic mass is 10.1. The molecule has 0 aromatic carbocycles. The number of hydrogen-bond acceptors (Lipinski definition) is 15. The molecule has 2 saturated heterocycles. The van der Waals surface area contributed by atoms with Gasteiger partial charge in [-0.3, -0.25) is 28.2 Å². The first kappa shape index (κ1) is 28.7. The Morgan fingerprint density at radius 3 is 2.81 bits per heavy atom. The number of alkyl halides is 2. The van der Waals surface area contributed by atoms with Gasteiger partial charge in [-0.1, -0.05) is 17.5 Å². The Labute approximate surface area is 235 Å². The first-order valence-corrected chi connectivity index (χ1v) is 14.7. The maximum absolute atomic E-state index is 15.3. The predicted molar refractivity (Wildman–Crippen MR) is 136 cm³/mol. The van der Waals surface area contributed by atoms with Gasteiger partial charge < -0.3 is 30.4 Å². The number of anilines is 1. The fourth-order valence-corrected chi connectivity index (χ4v) is 6.09. The molecule has 0 spiro atoms. The van der Waals surface area contributed by atoms with Crippen LogP contribution < -0.4 is 16.9 Å². The summed E-state index contributed by atoms with van der Waals surface area (Å²) in [6, 6.07) is 0. The normalized spacial score (nSPS) is 31.3. The molecule has 2 aliphatic rings. The van der Waals surface area contributed by atoms with E-state index in [-0.39, 0.29) is 28.3 Å². The summed E-state index contributed by atoms with van der Waals surface area (Å²) in [5.74, 6) is -3.33. The third-order valence-electron chi connectivity index (χ3n) is 6.63. The van der Waals surface area contributed by atoms with Gasteiger partial charge in [0.05, 0.1) is 32.3 Å². The van der Waals surface area contributed by atoms with Crippen LogP contribution in [-0.2, 0) is 23.1 Å². The van der Waals surface area contributed by atoms with Crippen molar-refractivity contribution in [2.24, 2.45) is 0 Å². The van der Waals surface area contributed by atoms with Crippen molar-refractivity contribution < 1.29 is 42.1 Å². The van der Waals surface area contributed by atoms with Gasteiger partial charge in [-0.2, -0.15) is 9.67 Å². The quantitative estimate of drug-likeness (QED) is 0.0987. The monoisotopic (exact) mass is 634 g/mol. The number of aromatic nitrogens is 9. The number of fused-ring (bicyclic) bond motifs is 2. The van der Waals surface area contributed by atoms with Gasteiger partial charge in [-0.15, -0.1) is 5.10 Å². The van der Waals surface area contributed by atoms with E-state index in [4.69, 9.17) is 24.3 Å². The number of nitrogens with zero attached hydrogens (tertiary/aromatic N) is 7. The summed E-state index contributed by atoms with van der Waals surface area (Å²) in [6.45, 7) is -6.30. The van der Waals surface area contributed by atoms with E-state index in [0.717, 1.165) is 11.0 Å². The molecule has 6 N–H and O–H groups in total. The lowest BCUT2D eigenvalue weighted by Crippen LogP contribution is -2.36. The minimum atomic E-state index is -4.59. The zero-order valence-corrected chi connectivity index (χ0v) is 22.6. The molecule has 2 fully saturated rings. The van der Waals surface area contributed by atoms with Gasteiger partial charge >= 0.3 is 6.80 Å². The zero-order chi connectivity index (χ0) is 30.0.